The van der Waals surface area contributed by atoms with E-state index in [2.05, 4.69) is 39.4 Å². The van der Waals surface area contributed by atoms with Gasteiger partial charge in [0.25, 0.3) is 5.91 Å². The zero-order valence-electron chi connectivity index (χ0n) is 18.2. The minimum absolute atomic E-state index is 0.0709. The van der Waals surface area contributed by atoms with Crippen LogP contribution < -0.4 is 19.7 Å². The van der Waals surface area contributed by atoms with Crippen LogP contribution in [-0.4, -0.2) is 72.0 Å². The SMILES string of the molecule is COc1cc(OC)cc(C(=O)NC[C@@H](c2ccc(N(C)C)cc2)N2CCOCC2)c1. The summed E-state index contributed by atoms with van der Waals surface area (Å²) in [5.41, 5.74) is 2.83. The molecular formula is C23H31N3O4. The van der Waals surface area contributed by atoms with Crippen LogP contribution in [0, 0.1) is 0 Å². The molecule has 0 bridgehead atoms. The van der Waals surface area contributed by atoms with Gasteiger partial charge in [-0.1, -0.05) is 12.1 Å². The Morgan fingerprint density at radius 2 is 1.67 bits per heavy atom. The van der Waals surface area contributed by atoms with Crippen molar-refractivity contribution in [1.29, 1.82) is 0 Å². The van der Waals surface area contributed by atoms with Crippen LogP contribution in [0.25, 0.3) is 0 Å². The fraction of sp³-hybridized carbons (Fsp3) is 0.435. The number of ether oxygens (including phenoxy) is 3. The molecule has 7 nitrogen and oxygen atoms in total. The van der Waals surface area contributed by atoms with E-state index in [4.69, 9.17) is 14.2 Å². The summed E-state index contributed by atoms with van der Waals surface area (Å²) in [5, 5.41) is 3.09. The van der Waals surface area contributed by atoms with Crippen LogP contribution in [0.5, 0.6) is 11.5 Å². The van der Waals surface area contributed by atoms with E-state index >= 15 is 0 Å². The second-order valence-corrected chi connectivity index (χ2v) is 7.46. The van der Waals surface area contributed by atoms with E-state index in [0.29, 0.717) is 36.8 Å². The largest absolute Gasteiger partial charge is 0.497 e. The Hall–Kier alpha value is -2.77. The number of benzene rings is 2. The number of nitrogens with zero attached hydrogens (tertiary/aromatic N) is 2. The fourth-order valence-corrected chi connectivity index (χ4v) is 3.57. The molecule has 0 aliphatic carbocycles. The van der Waals surface area contributed by atoms with Crippen molar-refractivity contribution in [1.82, 2.24) is 10.2 Å². The number of morpholine rings is 1. The first-order valence-corrected chi connectivity index (χ1v) is 10.1. The van der Waals surface area contributed by atoms with Crippen molar-refractivity contribution >= 4 is 11.6 Å². The molecule has 1 aliphatic rings. The van der Waals surface area contributed by atoms with E-state index in [-0.39, 0.29) is 11.9 Å². The van der Waals surface area contributed by atoms with Crippen LogP contribution in [-0.2, 0) is 4.74 Å². The average molecular weight is 414 g/mol. The van der Waals surface area contributed by atoms with Gasteiger partial charge in [-0.25, -0.2) is 0 Å². The highest BCUT2D eigenvalue weighted by atomic mass is 16.5. The highest BCUT2D eigenvalue weighted by molar-refractivity contribution is 5.95. The van der Waals surface area contributed by atoms with Gasteiger partial charge in [-0.15, -0.1) is 0 Å². The smallest absolute Gasteiger partial charge is 0.251 e. The van der Waals surface area contributed by atoms with Crippen LogP contribution >= 0.6 is 0 Å². The Morgan fingerprint density at radius 1 is 1.07 bits per heavy atom. The van der Waals surface area contributed by atoms with Gasteiger partial charge in [0, 0.05) is 51.0 Å². The molecule has 30 heavy (non-hydrogen) atoms. The summed E-state index contributed by atoms with van der Waals surface area (Å²) >= 11 is 0. The van der Waals surface area contributed by atoms with Gasteiger partial charge in [-0.3, -0.25) is 9.69 Å². The third kappa shape index (κ3) is 5.43. The van der Waals surface area contributed by atoms with E-state index in [9.17, 15) is 4.79 Å². The fourth-order valence-electron chi connectivity index (χ4n) is 3.57. The highest BCUT2D eigenvalue weighted by Crippen LogP contribution is 2.25. The van der Waals surface area contributed by atoms with Crippen LogP contribution in [0.3, 0.4) is 0 Å². The lowest BCUT2D eigenvalue weighted by Crippen LogP contribution is -2.43. The van der Waals surface area contributed by atoms with Crippen molar-refractivity contribution in [3.63, 3.8) is 0 Å². The second-order valence-electron chi connectivity index (χ2n) is 7.46. The predicted molar refractivity (Wildman–Crippen MR) is 118 cm³/mol. The maximum Gasteiger partial charge on any atom is 0.251 e. The van der Waals surface area contributed by atoms with Crippen molar-refractivity contribution in [2.45, 2.75) is 6.04 Å². The molecule has 1 atom stereocenters. The topological polar surface area (TPSA) is 63.3 Å². The third-order valence-corrected chi connectivity index (χ3v) is 5.35. The lowest BCUT2D eigenvalue weighted by molar-refractivity contribution is 0.0162. The second kappa shape index (κ2) is 10.3. The normalized spacial score (nSPS) is 15.3. The summed E-state index contributed by atoms with van der Waals surface area (Å²) in [6, 6.07) is 13.7. The van der Waals surface area contributed by atoms with Gasteiger partial charge in [-0.2, -0.15) is 0 Å². The van der Waals surface area contributed by atoms with E-state index in [0.717, 1.165) is 18.8 Å². The van der Waals surface area contributed by atoms with Gasteiger partial charge in [0.15, 0.2) is 0 Å². The first-order chi connectivity index (χ1) is 14.5. The van der Waals surface area contributed by atoms with E-state index in [1.807, 2.05) is 14.1 Å². The summed E-state index contributed by atoms with van der Waals surface area (Å²) in [6.45, 7) is 3.58. The molecule has 1 heterocycles. The molecule has 2 aromatic rings. The molecule has 1 amide bonds. The number of anilines is 1. The molecule has 0 radical (unpaired) electrons. The Balaban J connectivity index is 1.77. The number of amides is 1. The highest BCUT2D eigenvalue weighted by Gasteiger charge is 2.23. The van der Waals surface area contributed by atoms with Crippen molar-refractivity contribution in [2.24, 2.45) is 0 Å². The standard InChI is InChI=1S/C23H31N3O4/c1-25(2)19-7-5-17(6-8-19)22(26-9-11-30-12-10-26)16-24-23(27)18-13-20(28-3)15-21(14-18)29-4/h5-8,13-15,22H,9-12,16H2,1-4H3,(H,24,27)/t22-/m0/s1. The molecule has 0 saturated carbocycles. The van der Waals surface area contributed by atoms with Crippen molar-refractivity contribution < 1.29 is 19.0 Å². The summed E-state index contributed by atoms with van der Waals surface area (Å²) in [7, 11) is 7.19. The monoisotopic (exact) mass is 413 g/mol. The van der Waals surface area contributed by atoms with E-state index in [1.54, 1.807) is 32.4 Å². The van der Waals surface area contributed by atoms with Crippen LogP contribution in [0.15, 0.2) is 42.5 Å². The first kappa shape index (κ1) is 21.9. The number of hydrogen-bond donors (Lipinski definition) is 1. The lowest BCUT2D eigenvalue weighted by Gasteiger charge is -2.35. The van der Waals surface area contributed by atoms with E-state index < -0.39 is 0 Å². The Labute approximate surface area is 178 Å². The van der Waals surface area contributed by atoms with Crippen molar-refractivity contribution in [3.8, 4) is 11.5 Å². The molecule has 7 heteroatoms. The number of methoxy groups -OCH3 is 2. The number of rotatable bonds is 8. The van der Waals surface area contributed by atoms with Gasteiger partial charge in [0.2, 0.25) is 0 Å². The van der Waals surface area contributed by atoms with Gasteiger partial charge < -0.3 is 24.4 Å². The Kier molecular flexibility index (Phi) is 7.54. The number of nitrogens with one attached hydrogen (secondary N) is 1. The van der Waals surface area contributed by atoms with Crippen molar-refractivity contribution in [2.75, 3.05) is 66.1 Å². The van der Waals surface area contributed by atoms with Gasteiger partial charge in [-0.05, 0) is 29.8 Å². The predicted octanol–water partition coefficient (Wildman–Crippen LogP) is 2.57. The van der Waals surface area contributed by atoms with Gasteiger partial charge in [0.1, 0.15) is 11.5 Å². The molecule has 3 rings (SSSR count). The average Bonchev–Trinajstić information content (AvgIpc) is 2.79. The van der Waals surface area contributed by atoms with Crippen LogP contribution in [0.4, 0.5) is 5.69 Å². The Bertz CT molecular complexity index is 811. The Morgan fingerprint density at radius 3 is 2.20 bits per heavy atom. The molecule has 0 spiro atoms. The first-order valence-electron chi connectivity index (χ1n) is 10.1. The van der Waals surface area contributed by atoms with Crippen molar-refractivity contribution in [3.05, 3.63) is 53.6 Å². The molecule has 1 fully saturated rings. The molecule has 0 aromatic heterocycles. The minimum atomic E-state index is -0.157. The quantitative estimate of drug-likeness (QED) is 0.718. The van der Waals surface area contributed by atoms with Gasteiger partial charge >= 0.3 is 0 Å². The van der Waals surface area contributed by atoms with Gasteiger partial charge in [0.05, 0.1) is 33.5 Å². The number of carbonyl (C=O) groups is 1. The molecule has 0 unspecified atom stereocenters. The molecule has 2 aromatic carbocycles. The molecular weight excluding hydrogens is 382 g/mol. The summed E-state index contributed by atoms with van der Waals surface area (Å²) in [5.74, 6) is 1.02. The minimum Gasteiger partial charge on any atom is -0.497 e. The maximum atomic E-state index is 12.9. The summed E-state index contributed by atoms with van der Waals surface area (Å²) < 4.78 is 16.1. The molecule has 162 valence electrons. The molecule has 1 N–H and O–H groups in total. The molecule has 1 aliphatic heterocycles. The summed E-state index contributed by atoms with van der Waals surface area (Å²) in [4.78, 5) is 17.3. The maximum absolute atomic E-state index is 12.9. The number of hydrogen-bond acceptors (Lipinski definition) is 6. The third-order valence-electron chi connectivity index (χ3n) is 5.35. The zero-order chi connectivity index (χ0) is 21.5. The van der Waals surface area contributed by atoms with E-state index in [1.165, 1.54) is 5.56 Å². The van der Waals surface area contributed by atoms with Crippen LogP contribution in [0.2, 0.25) is 0 Å². The number of carbonyl (C=O) groups excluding carboxylic acids is 1. The molecule has 1 saturated heterocycles. The zero-order valence-corrected chi connectivity index (χ0v) is 18.2. The summed E-state index contributed by atoms with van der Waals surface area (Å²) in [6.07, 6.45) is 0. The lowest BCUT2D eigenvalue weighted by atomic mass is 10.0. The van der Waals surface area contributed by atoms with Crippen LogP contribution in [0.1, 0.15) is 22.0 Å².